The first-order valence-corrected chi connectivity index (χ1v) is 6.73. The first kappa shape index (κ1) is 14.4. The number of ketones is 1. The Kier molecular flexibility index (Phi) is 4.29. The van der Waals surface area contributed by atoms with Crippen molar-refractivity contribution in [1.29, 1.82) is 0 Å². The van der Waals surface area contributed by atoms with Crippen LogP contribution < -0.4 is 0 Å². The minimum atomic E-state index is -0.541. The molecule has 4 nitrogen and oxygen atoms in total. The highest BCUT2D eigenvalue weighted by Gasteiger charge is 2.15. The molecule has 1 aromatic carbocycles. The molecule has 0 bridgehead atoms. The number of benzene rings is 1. The summed E-state index contributed by atoms with van der Waals surface area (Å²) in [5, 5.41) is 3.81. The molecule has 0 radical (unpaired) electrons. The van der Waals surface area contributed by atoms with E-state index >= 15 is 0 Å². The molecule has 0 saturated heterocycles. The van der Waals surface area contributed by atoms with E-state index in [1.54, 1.807) is 44.2 Å². The number of hydrogen-bond donors (Lipinski definition) is 0. The molecular weight excluding hydrogens is 322 g/mol. The van der Waals surface area contributed by atoms with Gasteiger partial charge in [0.25, 0.3) is 0 Å². The molecule has 0 N–H and O–H groups in total. The number of carbonyl (C=O) groups excluding carboxylic acids is 2. The Morgan fingerprint density at radius 2 is 1.75 bits per heavy atom. The van der Waals surface area contributed by atoms with Crippen LogP contribution in [0.25, 0.3) is 0 Å². The number of nitrogens with zero attached hydrogens (tertiary/aromatic N) is 1. The Bertz CT molecular complexity index is 654. The first-order valence-electron chi connectivity index (χ1n) is 5.94. The predicted molar refractivity (Wildman–Crippen MR) is 79.5 cm³/mol. The second-order valence-corrected chi connectivity index (χ2v) is 5.23. The zero-order chi connectivity index (χ0) is 14.7. The van der Waals surface area contributed by atoms with Crippen molar-refractivity contribution < 1.29 is 14.4 Å². The maximum atomic E-state index is 11.8. The Balaban J connectivity index is 2.14. The van der Waals surface area contributed by atoms with Crippen molar-refractivity contribution in [3.63, 3.8) is 0 Å². The topological polar surface area (TPSA) is 55.7 Å². The van der Waals surface area contributed by atoms with Gasteiger partial charge < -0.3 is 4.84 Å². The van der Waals surface area contributed by atoms with E-state index < -0.39 is 5.97 Å². The van der Waals surface area contributed by atoms with E-state index in [-0.39, 0.29) is 5.78 Å². The van der Waals surface area contributed by atoms with Gasteiger partial charge in [-0.2, -0.15) is 0 Å². The van der Waals surface area contributed by atoms with Gasteiger partial charge >= 0.3 is 5.97 Å². The maximum absolute atomic E-state index is 11.8. The van der Waals surface area contributed by atoms with Gasteiger partial charge in [-0.3, -0.25) is 4.79 Å². The van der Waals surface area contributed by atoms with Crippen molar-refractivity contribution in [3.8, 4) is 0 Å². The highest BCUT2D eigenvalue weighted by Crippen LogP contribution is 2.15. The molecule has 0 unspecified atom stereocenters. The van der Waals surface area contributed by atoms with E-state index in [4.69, 9.17) is 4.84 Å². The first-order chi connectivity index (χ1) is 9.49. The predicted octanol–water partition coefficient (Wildman–Crippen LogP) is 3.44. The lowest BCUT2D eigenvalue weighted by Crippen LogP contribution is -2.12. The number of carbonyl (C=O) groups is 2. The van der Waals surface area contributed by atoms with Gasteiger partial charge in [0.05, 0.1) is 5.56 Å². The fourth-order valence-corrected chi connectivity index (χ4v) is 1.87. The second-order valence-electron chi connectivity index (χ2n) is 4.31. The van der Waals surface area contributed by atoms with Crippen LogP contribution in [0.15, 0.2) is 57.2 Å². The summed E-state index contributed by atoms with van der Waals surface area (Å²) in [7, 11) is 0. The Labute approximate surface area is 124 Å². The minimum Gasteiger partial charge on any atom is -0.312 e. The molecule has 1 aliphatic rings. The summed E-state index contributed by atoms with van der Waals surface area (Å²) >= 11 is 3.29. The Morgan fingerprint density at radius 1 is 1.10 bits per heavy atom. The smallest absolute Gasteiger partial charge is 0.312 e. The third kappa shape index (κ3) is 3.11. The fraction of sp³-hybridized carbons (Fsp3) is 0.133. The summed E-state index contributed by atoms with van der Waals surface area (Å²) in [4.78, 5) is 28.1. The molecule has 20 heavy (non-hydrogen) atoms. The molecular formula is C15H12BrNO3. The normalized spacial score (nSPS) is 16.8. The maximum Gasteiger partial charge on any atom is 0.365 e. The van der Waals surface area contributed by atoms with Crippen LogP contribution in [0.4, 0.5) is 0 Å². The van der Waals surface area contributed by atoms with Crippen LogP contribution in [0.2, 0.25) is 0 Å². The lowest BCUT2D eigenvalue weighted by atomic mass is 9.97. The molecule has 1 aliphatic carbocycles. The van der Waals surface area contributed by atoms with Crippen LogP contribution in [-0.2, 0) is 9.63 Å². The number of allylic oxidation sites excluding steroid dienone is 4. The third-order valence-corrected chi connectivity index (χ3v) is 3.54. The van der Waals surface area contributed by atoms with E-state index in [1.165, 1.54) is 6.08 Å². The highest BCUT2D eigenvalue weighted by atomic mass is 79.9. The van der Waals surface area contributed by atoms with E-state index in [9.17, 15) is 9.59 Å². The largest absolute Gasteiger partial charge is 0.365 e. The zero-order valence-corrected chi connectivity index (χ0v) is 12.6. The van der Waals surface area contributed by atoms with Gasteiger partial charge in [-0.15, -0.1) is 0 Å². The van der Waals surface area contributed by atoms with Crippen LogP contribution >= 0.6 is 15.9 Å². The Hall–Kier alpha value is -2.01. The molecule has 0 atom stereocenters. The van der Waals surface area contributed by atoms with Gasteiger partial charge in [0.15, 0.2) is 5.78 Å². The number of rotatable bonds is 2. The van der Waals surface area contributed by atoms with Gasteiger partial charge in [0.2, 0.25) is 0 Å². The van der Waals surface area contributed by atoms with E-state index in [0.717, 1.165) is 4.47 Å². The SMILES string of the molecule is CC1=C(C)C(=NOC(=O)c2ccc(Br)cc2)C=CC1=O. The van der Waals surface area contributed by atoms with Crippen LogP contribution in [0.1, 0.15) is 24.2 Å². The van der Waals surface area contributed by atoms with Crippen molar-refractivity contribution in [3.05, 3.63) is 57.6 Å². The summed E-state index contributed by atoms with van der Waals surface area (Å²) in [6, 6.07) is 6.78. The number of halogens is 1. The fourth-order valence-electron chi connectivity index (χ4n) is 1.61. The lowest BCUT2D eigenvalue weighted by molar-refractivity contribution is -0.111. The lowest BCUT2D eigenvalue weighted by Gasteiger charge is -2.09. The standard InChI is InChI=1S/C15H12BrNO3/c1-9-10(2)14(18)8-7-13(9)17-20-15(19)11-3-5-12(16)6-4-11/h3-8H,1-2H3. The molecule has 0 spiro atoms. The second kappa shape index (κ2) is 5.96. The molecule has 2 rings (SSSR count). The average molecular weight is 334 g/mol. The van der Waals surface area contributed by atoms with E-state index in [0.29, 0.717) is 22.4 Å². The van der Waals surface area contributed by atoms with Gasteiger partial charge in [0, 0.05) is 10.0 Å². The summed E-state index contributed by atoms with van der Waals surface area (Å²) in [6.45, 7) is 3.48. The van der Waals surface area contributed by atoms with E-state index in [1.807, 2.05) is 0 Å². The highest BCUT2D eigenvalue weighted by molar-refractivity contribution is 9.10. The minimum absolute atomic E-state index is 0.0549. The van der Waals surface area contributed by atoms with Gasteiger partial charge in [-0.25, -0.2) is 4.79 Å². The third-order valence-electron chi connectivity index (χ3n) is 3.02. The number of hydrogen-bond acceptors (Lipinski definition) is 4. The number of oxime groups is 1. The monoisotopic (exact) mass is 333 g/mol. The quantitative estimate of drug-likeness (QED) is 0.473. The van der Waals surface area contributed by atoms with Crippen molar-refractivity contribution in [2.45, 2.75) is 13.8 Å². The van der Waals surface area contributed by atoms with Crippen molar-refractivity contribution in [2.24, 2.45) is 5.16 Å². The Morgan fingerprint density at radius 3 is 2.40 bits per heavy atom. The van der Waals surface area contributed by atoms with Crippen LogP contribution in [0.3, 0.4) is 0 Å². The summed E-state index contributed by atoms with van der Waals surface area (Å²) in [5.74, 6) is -0.596. The molecule has 102 valence electrons. The van der Waals surface area contributed by atoms with Crippen molar-refractivity contribution >= 4 is 33.4 Å². The van der Waals surface area contributed by atoms with Crippen LogP contribution in [0, 0.1) is 0 Å². The summed E-state index contributed by atoms with van der Waals surface area (Å²) in [5.41, 5.74) is 2.20. The van der Waals surface area contributed by atoms with Crippen molar-refractivity contribution in [2.75, 3.05) is 0 Å². The van der Waals surface area contributed by atoms with Crippen molar-refractivity contribution in [1.82, 2.24) is 0 Å². The molecule has 0 aliphatic heterocycles. The zero-order valence-electron chi connectivity index (χ0n) is 11.0. The molecule has 1 aromatic rings. The average Bonchev–Trinajstić information content (AvgIpc) is 2.44. The molecule has 5 heteroatoms. The molecule has 0 heterocycles. The molecule has 0 saturated carbocycles. The van der Waals surface area contributed by atoms with Gasteiger partial charge in [0.1, 0.15) is 5.71 Å². The molecule has 0 fully saturated rings. The van der Waals surface area contributed by atoms with Crippen LogP contribution in [0.5, 0.6) is 0 Å². The van der Waals surface area contributed by atoms with Crippen LogP contribution in [-0.4, -0.2) is 17.5 Å². The summed E-state index contributed by atoms with van der Waals surface area (Å²) < 4.78 is 0.878. The summed E-state index contributed by atoms with van der Waals surface area (Å²) in [6.07, 6.45) is 2.95. The molecule has 0 aromatic heterocycles. The molecule has 0 amide bonds. The van der Waals surface area contributed by atoms with E-state index in [2.05, 4.69) is 21.1 Å². The van der Waals surface area contributed by atoms with Gasteiger partial charge in [-0.1, -0.05) is 21.1 Å². The van der Waals surface area contributed by atoms with Gasteiger partial charge in [-0.05, 0) is 55.8 Å².